The Hall–Kier alpha value is -2.90. The molecule has 172 valence electrons. The van der Waals surface area contributed by atoms with Crippen molar-refractivity contribution in [2.45, 2.75) is 25.8 Å². The van der Waals surface area contributed by atoms with Crippen molar-refractivity contribution < 1.29 is 9.53 Å². The third-order valence-electron chi connectivity index (χ3n) is 5.93. The van der Waals surface area contributed by atoms with Crippen LogP contribution in [-0.4, -0.2) is 46.2 Å². The average molecular weight is 486 g/mol. The van der Waals surface area contributed by atoms with Crippen LogP contribution in [0.1, 0.15) is 34.6 Å². The molecule has 33 heavy (non-hydrogen) atoms. The number of pyridine rings is 2. The van der Waals surface area contributed by atoms with Gasteiger partial charge in [-0.05, 0) is 56.0 Å². The number of halogens is 2. The zero-order valence-electron chi connectivity index (χ0n) is 18.2. The van der Waals surface area contributed by atoms with E-state index in [1.807, 2.05) is 24.0 Å². The van der Waals surface area contributed by atoms with Crippen LogP contribution in [0.15, 0.2) is 48.1 Å². The van der Waals surface area contributed by atoms with Crippen LogP contribution in [0.4, 0.5) is 0 Å². The number of nitrogens with zero attached hydrogens (tertiary/aromatic N) is 4. The molecule has 0 radical (unpaired) electrons. The molecule has 1 saturated carbocycles. The molecular weight excluding hydrogens is 461 g/mol. The molecule has 0 bridgehead atoms. The van der Waals surface area contributed by atoms with Gasteiger partial charge in [0, 0.05) is 36.1 Å². The number of rotatable bonds is 7. The highest BCUT2D eigenvalue weighted by atomic mass is 35.5. The fourth-order valence-electron chi connectivity index (χ4n) is 4.17. The maximum absolute atomic E-state index is 13.7. The summed E-state index contributed by atoms with van der Waals surface area (Å²) in [5.74, 6) is 1.53. The summed E-state index contributed by atoms with van der Waals surface area (Å²) < 4.78 is 5.97. The minimum Gasteiger partial charge on any atom is -0.491 e. The van der Waals surface area contributed by atoms with Crippen molar-refractivity contribution in [1.29, 1.82) is 0 Å². The number of likely N-dealkylation sites (tertiary alicyclic amines) is 1. The van der Waals surface area contributed by atoms with Gasteiger partial charge in [-0.15, -0.1) is 0 Å². The number of amides is 1. The van der Waals surface area contributed by atoms with Gasteiger partial charge in [-0.25, -0.2) is 9.97 Å². The minimum absolute atomic E-state index is 0.0981. The van der Waals surface area contributed by atoms with Crippen molar-refractivity contribution in [3.63, 3.8) is 0 Å². The number of aromatic nitrogens is 2. The molecular formula is C24H25Cl2N5O2. The fourth-order valence-corrected chi connectivity index (χ4v) is 4.61. The molecule has 1 aliphatic carbocycles. The van der Waals surface area contributed by atoms with E-state index in [9.17, 15) is 4.79 Å². The Kier molecular flexibility index (Phi) is 7.00. The third kappa shape index (κ3) is 5.54. The molecule has 1 saturated heterocycles. The normalized spacial score (nSPS) is 21.9. The maximum Gasteiger partial charge on any atom is 0.273 e. The van der Waals surface area contributed by atoms with Crippen molar-refractivity contribution in [2.24, 2.45) is 22.6 Å². The lowest BCUT2D eigenvalue weighted by Crippen LogP contribution is -2.48. The predicted molar refractivity (Wildman–Crippen MR) is 131 cm³/mol. The van der Waals surface area contributed by atoms with E-state index < -0.39 is 0 Å². The van der Waals surface area contributed by atoms with Crippen LogP contribution in [0.3, 0.4) is 0 Å². The Morgan fingerprint density at radius 1 is 1.27 bits per heavy atom. The lowest BCUT2D eigenvalue weighted by Gasteiger charge is -2.35. The van der Waals surface area contributed by atoms with Crippen molar-refractivity contribution in [2.75, 3.05) is 13.2 Å². The second-order valence-corrected chi connectivity index (χ2v) is 9.10. The molecule has 7 nitrogen and oxygen atoms in total. The second kappa shape index (κ2) is 9.93. The van der Waals surface area contributed by atoms with E-state index in [1.165, 1.54) is 12.4 Å². The number of aryl methyl sites for hydroxylation is 1. The van der Waals surface area contributed by atoms with Crippen LogP contribution in [0, 0.1) is 18.8 Å². The van der Waals surface area contributed by atoms with Crippen LogP contribution < -0.4 is 10.5 Å². The number of carbonyl (C=O) groups is 1. The first-order chi connectivity index (χ1) is 15.9. The SMILES string of the molecule is C=C(N=C/C=C\N)c1ccc(C)nc1C(=O)N1C[C@@H]2C[C@@H]2C[C@H]1COc1cc(Cl)nc(Cl)c1. The molecule has 9 heteroatoms. The molecule has 3 heterocycles. The molecule has 1 amide bonds. The highest BCUT2D eigenvalue weighted by molar-refractivity contribution is 6.32. The number of nitrogens with two attached hydrogens (primary N) is 1. The molecule has 2 aliphatic rings. The summed E-state index contributed by atoms with van der Waals surface area (Å²) in [5, 5.41) is 0.516. The van der Waals surface area contributed by atoms with E-state index in [-0.39, 0.29) is 22.3 Å². The van der Waals surface area contributed by atoms with Crippen LogP contribution in [0.5, 0.6) is 5.75 Å². The van der Waals surface area contributed by atoms with Gasteiger partial charge in [0.15, 0.2) is 0 Å². The third-order valence-corrected chi connectivity index (χ3v) is 6.32. The number of aliphatic imine (C=N–C) groups is 1. The molecule has 0 aromatic carbocycles. The summed E-state index contributed by atoms with van der Waals surface area (Å²) in [6, 6.07) is 6.80. The van der Waals surface area contributed by atoms with Crippen LogP contribution in [0.25, 0.3) is 5.70 Å². The first-order valence-electron chi connectivity index (χ1n) is 10.7. The average Bonchev–Trinajstić information content (AvgIpc) is 3.54. The summed E-state index contributed by atoms with van der Waals surface area (Å²) in [6.07, 6.45) is 6.52. The highest BCUT2D eigenvalue weighted by Gasteiger charge is 2.47. The van der Waals surface area contributed by atoms with E-state index in [4.69, 9.17) is 33.7 Å². The quantitative estimate of drug-likeness (QED) is 0.458. The molecule has 0 unspecified atom stereocenters. The van der Waals surface area contributed by atoms with Crippen LogP contribution >= 0.6 is 23.2 Å². The molecule has 2 N–H and O–H groups in total. The summed E-state index contributed by atoms with van der Waals surface area (Å²) in [5.41, 5.74) is 7.49. The zero-order chi connectivity index (χ0) is 23.5. The molecule has 3 atom stereocenters. The van der Waals surface area contributed by atoms with E-state index in [0.29, 0.717) is 47.7 Å². The zero-order valence-corrected chi connectivity index (χ0v) is 19.8. The summed E-state index contributed by atoms with van der Waals surface area (Å²) in [6.45, 7) is 6.87. The summed E-state index contributed by atoms with van der Waals surface area (Å²) in [4.78, 5) is 28.4. The number of piperidine rings is 1. The van der Waals surface area contributed by atoms with Gasteiger partial charge >= 0.3 is 0 Å². The lowest BCUT2D eigenvalue weighted by molar-refractivity contribution is 0.0506. The number of hydrogen-bond donors (Lipinski definition) is 1. The standard InChI is InChI=1S/C24H25Cl2N5O2/c1-14-4-5-20(15(2)28-7-3-6-27)23(29-14)24(32)31-12-17-8-16(17)9-18(31)13-33-19-10-21(25)30-22(26)11-19/h3-7,10-11,16-18H,2,8-9,12-13,27H2,1H3/b6-3-,28-7?/t16-,17+,18+/m1/s1. The Morgan fingerprint density at radius 2 is 2.03 bits per heavy atom. The van der Waals surface area contributed by atoms with Gasteiger partial charge in [0.2, 0.25) is 0 Å². The monoisotopic (exact) mass is 485 g/mol. The van der Waals surface area contributed by atoms with E-state index in [0.717, 1.165) is 18.5 Å². The van der Waals surface area contributed by atoms with Crippen molar-refractivity contribution in [1.82, 2.24) is 14.9 Å². The van der Waals surface area contributed by atoms with E-state index in [1.54, 1.807) is 18.2 Å². The number of allylic oxidation sites excluding steroid dienone is 1. The molecule has 2 aromatic rings. The van der Waals surface area contributed by atoms with E-state index >= 15 is 0 Å². The largest absolute Gasteiger partial charge is 0.491 e. The van der Waals surface area contributed by atoms with Gasteiger partial charge in [0.1, 0.15) is 28.4 Å². The number of fused-ring (bicyclic) bond motifs is 1. The predicted octanol–water partition coefficient (Wildman–Crippen LogP) is 4.54. The van der Waals surface area contributed by atoms with Gasteiger partial charge in [-0.3, -0.25) is 9.79 Å². The van der Waals surface area contributed by atoms with E-state index in [2.05, 4.69) is 21.5 Å². The Balaban J connectivity index is 1.57. The second-order valence-electron chi connectivity index (χ2n) is 8.32. The minimum atomic E-state index is -0.149. The summed E-state index contributed by atoms with van der Waals surface area (Å²) >= 11 is 12.0. The van der Waals surface area contributed by atoms with Gasteiger partial charge in [-0.1, -0.05) is 29.8 Å². The Labute approximate surface area is 203 Å². The van der Waals surface area contributed by atoms with Gasteiger partial charge in [-0.2, -0.15) is 0 Å². The van der Waals surface area contributed by atoms with Crippen LogP contribution in [-0.2, 0) is 0 Å². The highest BCUT2D eigenvalue weighted by Crippen LogP contribution is 2.47. The van der Waals surface area contributed by atoms with Crippen molar-refractivity contribution in [3.05, 3.63) is 70.4 Å². The van der Waals surface area contributed by atoms with Gasteiger partial charge in [0.25, 0.3) is 5.91 Å². The number of hydrogen-bond acceptors (Lipinski definition) is 6. The van der Waals surface area contributed by atoms with Crippen molar-refractivity contribution >= 4 is 41.0 Å². The number of carbonyl (C=O) groups excluding carboxylic acids is 1. The molecule has 2 aromatic heterocycles. The molecule has 0 spiro atoms. The maximum atomic E-state index is 13.7. The molecule has 2 fully saturated rings. The first-order valence-corrected chi connectivity index (χ1v) is 11.5. The molecule has 4 rings (SSSR count). The Bertz CT molecular complexity index is 1110. The molecule has 1 aliphatic heterocycles. The van der Waals surface area contributed by atoms with Crippen LogP contribution in [0.2, 0.25) is 10.3 Å². The Morgan fingerprint density at radius 3 is 2.76 bits per heavy atom. The first kappa shape index (κ1) is 23.3. The lowest BCUT2D eigenvalue weighted by atomic mass is 10.0. The van der Waals surface area contributed by atoms with Crippen molar-refractivity contribution in [3.8, 4) is 5.75 Å². The smallest absolute Gasteiger partial charge is 0.273 e. The fraction of sp³-hybridized carbons (Fsp3) is 0.333. The summed E-state index contributed by atoms with van der Waals surface area (Å²) in [7, 11) is 0. The van der Waals surface area contributed by atoms with Gasteiger partial charge in [0.05, 0.1) is 11.7 Å². The number of ether oxygens (including phenoxy) is 1. The topological polar surface area (TPSA) is 93.7 Å². The van der Waals surface area contributed by atoms with Gasteiger partial charge < -0.3 is 15.4 Å².